The van der Waals surface area contributed by atoms with Gasteiger partial charge in [-0.3, -0.25) is 0 Å². The molecule has 2 heteroatoms. The molecule has 0 radical (unpaired) electrons. The van der Waals surface area contributed by atoms with Gasteiger partial charge in [-0.15, -0.1) is 0 Å². The summed E-state index contributed by atoms with van der Waals surface area (Å²) < 4.78 is 6.40. The lowest BCUT2D eigenvalue weighted by Crippen LogP contribution is -1.99. The first-order chi connectivity index (χ1) is 17.8. The third kappa shape index (κ3) is 3.08. The molecule has 1 nitrogen and oxygen atoms in total. The molecule has 0 heterocycles. The zero-order valence-electron chi connectivity index (χ0n) is 20.0. The van der Waals surface area contributed by atoms with Crippen molar-refractivity contribution in [2.45, 2.75) is 0 Å². The van der Waals surface area contributed by atoms with E-state index in [-0.39, 0.29) is 0 Å². The minimum atomic E-state index is 0.607. The van der Waals surface area contributed by atoms with E-state index in [4.69, 9.17) is 4.43 Å². The first-order valence-electron chi connectivity index (χ1n) is 12.3. The summed E-state index contributed by atoms with van der Waals surface area (Å²) in [5.41, 5.74) is 7.25. The number of rotatable bonds is 4. The fraction of sp³-hybridized carbons (Fsp3) is 0. The fourth-order valence-electron chi connectivity index (χ4n) is 5.80. The average molecular weight is 477 g/mol. The summed E-state index contributed by atoms with van der Waals surface area (Å²) in [5.74, 6) is 0.983. The van der Waals surface area contributed by atoms with E-state index in [2.05, 4.69) is 127 Å². The second kappa shape index (κ2) is 8.37. The first kappa shape index (κ1) is 20.9. The molecule has 0 aromatic heterocycles. The highest BCUT2D eigenvalue weighted by molar-refractivity contribution is 6.32. The van der Waals surface area contributed by atoms with Crippen LogP contribution in [0.1, 0.15) is 0 Å². The molecule has 0 spiro atoms. The van der Waals surface area contributed by atoms with Gasteiger partial charge < -0.3 is 4.43 Å². The largest absolute Gasteiger partial charge is 0.552 e. The van der Waals surface area contributed by atoms with Crippen LogP contribution in [-0.4, -0.2) is 10.5 Å². The van der Waals surface area contributed by atoms with Crippen molar-refractivity contribution in [3.05, 3.63) is 127 Å². The lowest BCUT2D eigenvalue weighted by atomic mass is 9.81. The monoisotopic (exact) mass is 476 g/mol. The smallest absolute Gasteiger partial charge is 0.204 e. The van der Waals surface area contributed by atoms with E-state index in [1.54, 1.807) is 0 Å². The van der Waals surface area contributed by atoms with Crippen LogP contribution in [0, 0.1) is 0 Å². The molecule has 0 saturated heterocycles. The summed E-state index contributed by atoms with van der Waals surface area (Å²) >= 11 is 0. The van der Waals surface area contributed by atoms with Crippen molar-refractivity contribution in [3.63, 3.8) is 0 Å². The van der Waals surface area contributed by atoms with Crippen LogP contribution in [0.2, 0.25) is 0 Å². The van der Waals surface area contributed by atoms with Crippen molar-refractivity contribution < 1.29 is 4.43 Å². The van der Waals surface area contributed by atoms with Gasteiger partial charge in [0, 0.05) is 21.9 Å². The number of hydrogen-bond acceptors (Lipinski definition) is 1. The van der Waals surface area contributed by atoms with Gasteiger partial charge >= 0.3 is 0 Å². The topological polar surface area (TPSA) is 9.23 Å². The van der Waals surface area contributed by atoms with Gasteiger partial charge in [0.05, 0.1) is 0 Å². The van der Waals surface area contributed by atoms with E-state index in [0.29, 0.717) is 10.5 Å². The first-order valence-corrected chi connectivity index (χ1v) is 13.1. The highest BCUT2D eigenvalue weighted by atomic mass is 28.2. The molecule has 0 bridgehead atoms. The van der Waals surface area contributed by atoms with Crippen LogP contribution in [0.15, 0.2) is 127 Å². The number of hydrogen-bond donors (Lipinski definition) is 0. The average Bonchev–Trinajstić information content (AvgIpc) is 2.96. The van der Waals surface area contributed by atoms with Gasteiger partial charge in [-0.25, -0.2) is 0 Å². The molecule has 170 valence electrons. The molecule has 0 N–H and O–H groups in total. The summed E-state index contributed by atoms with van der Waals surface area (Å²) in [6.07, 6.45) is 0. The van der Waals surface area contributed by atoms with Crippen LogP contribution >= 0.6 is 0 Å². The van der Waals surface area contributed by atoms with E-state index >= 15 is 0 Å². The summed E-state index contributed by atoms with van der Waals surface area (Å²) in [7, 11) is 0.607. The van der Waals surface area contributed by atoms with Crippen molar-refractivity contribution in [2.24, 2.45) is 0 Å². The second-order valence-corrected chi connectivity index (χ2v) is 9.66. The van der Waals surface area contributed by atoms with Crippen LogP contribution in [0.3, 0.4) is 0 Å². The van der Waals surface area contributed by atoms with E-state index in [1.807, 2.05) is 0 Å². The predicted octanol–water partition coefficient (Wildman–Crippen LogP) is 8.24. The zero-order valence-corrected chi connectivity index (χ0v) is 22.0. The maximum absolute atomic E-state index is 6.40. The normalized spacial score (nSPS) is 11.6. The highest BCUT2D eigenvalue weighted by Crippen LogP contribution is 2.53. The van der Waals surface area contributed by atoms with E-state index in [9.17, 15) is 0 Å². The molecular formula is C34H24OSi. The van der Waals surface area contributed by atoms with Gasteiger partial charge in [-0.1, -0.05) is 121 Å². The molecule has 0 saturated carbocycles. The fourth-order valence-corrected chi connectivity index (χ4v) is 6.23. The quantitative estimate of drug-likeness (QED) is 0.184. The molecule has 0 aliphatic carbocycles. The van der Waals surface area contributed by atoms with Crippen LogP contribution in [0.5, 0.6) is 5.75 Å². The van der Waals surface area contributed by atoms with Crippen LogP contribution in [0.4, 0.5) is 0 Å². The molecule has 0 unspecified atom stereocenters. The van der Waals surface area contributed by atoms with Crippen molar-refractivity contribution in [3.8, 4) is 39.1 Å². The molecule has 7 aromatic rings. The Labute approximate surface area is 213 Å². The Morgan fingerprint density at radius 3 is 1.67 bits per heavy atom. The maximum Gasteiger partial charge on any atom is 0.204 e. The highest BCUT2D eigenvalue weighted by Gasteiger charge is 2.25. The van der Waals surface area contributed by atoms with E-state index < -0.39 is 0 Å². The van der Waals surface area contributed by atoms with Crippen LogP contribution < -0.4 is 4.43 Å². The van der Waals surface area contributed by atoms with E-state index in [1.165, 1.54) is 65.7 Å². The third-order valence-electron chi connectivity index (χ3n) is 7.28. The molecule has 0 amide bonds. The number of benzene rings is 7. The van der Waals surface area contributed by atoms with Gasteiger partial charge in [0.2, 0.25) is 10.5 Å². The van der Waals surface area contributed by atoms with Gasteiger partial charge in [0.1, 0.15) is 5.75 Å². The predicted molar refractivity (Wildman–Crippen MR) is 157 cm³/mol. The molecule has 0 fully saturated rings. The lowest BCUT2D eigenvalue weighted by Gasteiger charge is -2.24. The Morgan fingerprint density at radius 1 is 0.444 bits per heavy atom. The lowest BCUT2D eigenvalue weighted by molar-refractivity contribution is 0.626. The van der Waals surface area contributed by atoms with Crippen molar-refractivity contribution >= 4 is 42.8 Å². The Bertz CT molecular complexity index is 1840. The molecule has 7 aromatic carbocycles. The zero-order chi connectivity index (χ0) is 24.1. The van der Waals surface area contributed by atoms with Gasteiger partial charge in [-0.05, 0) is 49.9 Å². The third-order valence-corrected chi connectivity index (χ3v) is 7.69. The van der Waals surface area contributed by atoms with Gasteiger partial charge in [0.15, 0.2) is 0 Å². The molecule has 7 rings (SSSR count). The van der Waals surface area contributed by atoms with Crippen molar-refractivity contribution in [1.82, 2.24) is 0 Å². The molecule has 0 aliphatic rings. The SMILES string of the molecule is [SiH3]Oc1c(-c2ccccc2)c(-c2ccccc2)c2c(-c3ccccc3)cc3cccc4ccc1c2c43. The standard InChI is InChI=1S/C34H24OSi/c36-35-34-27-20-19-25-17-10-18-26-21-28(22-11-4-1-5-12-22)33(32(27)29(25)26)30(23-13-6-2-7-14-23)31(34)24-15-8-3-9-16-24/h1-21H,36H3. The van der Waals surface area contributed by atoms with Gasteiger partial charge in [-0.2, -0.15) is 0 Å². The van der Waals surface area contributed by atoms with Gasteiger partial charge in [0.25, 0.3) is 0 Å². The molecule has 0 atom stereocenters. The molecular weight excluding hydrogens is 452 g/mol. The molecule has 0 aliphatic heterocycles. The Balaban J connectivity index is 1.82. The second-order valence-electron chi connectivity index (χ2n) is 9.25. The maximum atomic E-state index is 6.40. The minimum Gasteiger partial charge on any atom is -0.552 e. The van der Waals surface area contributed by atoms with Crippen molar-refractivity contribution in [2.75, 3.05) is 0 Å². The summed E-state index contributed by atoms with van der Waals surface area (Å²) in [4.78, 5) is 0. The summed E-state index contributed by atoms with van der Waals surface area (Å²) in [6.45, 7) is 0. The van der Waals surface area contributed by atoms with E-state index in [0.717, 1.165) is 5.75 Å². The minimum absolute atomic E-state index is 0.607. The summed E-state index contributed by atoms with van der Waals surface area (Å²) in [6, 6.07) is 45.8. The molecule has 36 heavy (non-hydrogen) atoms. The van der Waals surface area contributed by atoms with Crippen LogP contribution in [-0.2, 0) is 0 Å². The Kier molecular flexibility index (Phi) is 4.86. The Morgan fingerprint density at radius 2 is 1.03 bits per heavy atom. The van der Waals surface area contributed by atoms with Crippen LogP contribution in [0.25, 0.3) is 65.7 Å². The summed E-state index contributed by atoms with van der Waals surface area (Å²) in [5, 5.41) is 7.58. The Hall–Kier alpha value is -4.40. The van der Waals surface area contributed by atoms with Crippen molar-refractivity contribution in [1.29, 1.82) is 0 Å².